The van der Waals surface area contributed by atoms with E-state index in [2.05, 4.69) is 52.0 Å². The minimum absolute atomic E-state index is 0.288. The highest BCUT2D eigenvalue weighted by molar-refractivity contribution is 6.62. The van der Waals surface area contributed by atoms with Gasteiger partial charge in [0, 0.05) is 13.7 Å². The third kappa shape index (κ3) is 4.10. The number of hydrogen-bond donors (Lipinski definition) is 0. The molecule has 0 N–H and O–H groups in total. The van der Waals surface area contributed by atoms with E-state index in [9.17, 15) is 0 Å². The number of ether oxygens (including phenoxy) is 2. The number of rotatable bonds is 7. The van der Waals surface area contributed by atoms with Gasteiger partial charge in [0.25, 0.3) is 0 Å². The van der Waals surface area contributed by atoms with Crippen molar-refractivity contribution in [2.45, 2.75) is 51.7 Å². The smallest absolute Gasteiger partial charge is 0.399 e. The molecule has 0 bridgehead atoms. The second kappa shape index (κ2) is 7.13. The van der Waals surface area contributed by atoms with Gasteiger partial charge in [-0.25, -0.2) is 0 Å². The van der Waals surface area contributed by atoms with Gasteiger partial charge in [0.1, 0.15) is 6.79 Å². The Morgan fingerprint density at radius 2 is 1.59 bits per heavy atom. The van der Waals surface area contributed by atoms with Crippen LogP contribution >= 0.6 is 0 Å². The predicted molar refractivity (Wildman–Crippen MR) is 88.3 cm³/mol. The third-order valence-electron chi connectivity index (χ3n) is 4.46. The Bertz CT molecular complexity index is 454. The SMILES string of the molecule is COCOCCCc1ccc(B2OC(C)(C)C(C)(C)O2)cc1. The van der Waals surface area contributed by atoms with Gasteiger partial charge in [-0.3, -0.25) is 0 Å². The summed E-state index contributed by atoms with van der Waals surface area (Å²) < 4.78 is 22.3. The number of hydrogen-bond acceptors (Lipinski definition) is 4. The Kier molecular flexibility index (Phi) is 5.67. The maximum absolute atomic E-state index is 6.06. The van der Waals surface area contributed by atoms with E-state index in [1.807, 2.05) is 0 Å². The van der Waals surface area contributed by atoms with Crippen LogP contribution in [0, 0.1) is 0 Å². The first kappa shape index (κ1) is 17.5. The molecule has 1 heterocycles. The van der Waals surface area contributed by atoms with Gasteiger partial charge < -0.3 is 18.8 Å². The Hall–Kier alpha value is -0.875. The van der Waals surface area contributed by atoms with Crippen molar-refractivity contribution in [2.75, 3.05) is 20.5 Å². The molecular weight excluding hydrogens is 279 g/mol. The van der Waals surface area contributed by atoms with Gasteiger partial charge in [-0.1, -0.05) is 24.3 Å². The van der Waals surface area contributed by atoms with Gasteiger partial charge in [0.2, 0.25) is 0 Å². The van der Waals surface area contributed by atoms with Crippen molar-refractivity contribution in [3.05, 3.63) is 29.8 Å². The molecule has 1 saturated heterocycles. The zero-order chi connectivity index (χ0) is 16.2. The van der Waals surface area contributed by atoms with Crippen LogP contribution < -0.4 is 5.46 Å². The maximum Gasteiger partial charge on any atom is 0.494 e. The van der Waals surface area contributed by atoms with Gasteiger partial charge in [-0.2, -0.15) is 0 Å². The van der Waals surface area contributed by atoms with Crippen molar-refractivity contribution in [1.82, 2.24) is 0 Å². The summed E-state index contributed by atoms with van der Waals surface area (Å²) in [4.78, 5) is 0. The van der Waals surface area contributed by atoms with Crippen molar-refractivity contribution in [3.8, 4) is 0 Å². The first-order chi connectivity index (χ1) is 10.4. The van der Waals surface area contributed by atoms with Crippen LogP contribution in [-0.2, 0) is 25.2 Å². The maximum atomic E-state index is 6.06. The van der Waals surface area contributed by atoms with Crippen LogP contribution in [-0.4, -0.2) is 38.8 Å². The van der Waals surface area contributed by atoms with Crippen molar-refractivity contribution in [2.24, 2.45) is 0 Å². The highest BCUT2D eigenvalue weighted by Crippen LogP contribution is 2.36. The molecule has 0 saturated carbocycles. The standard InChI is InChI=1S/C17H27BO4/c1-16(2)17(3,4)22-18(21-16)15-10-8-14(9-11-15)7-6-12-20-13-19-5/h8-11H,6-7,12-13H2,1-5H3. The van der Waals surface area contributed by atoms with Crippen molar-refractivity contribution >= 4 is 12.6 Å². The van der Waals surface area contributed by atoms with E-state index in [-0.39, 0.29) is 18.3 Å². The van der Waals surface area contributed by atoms with E-state index in [0.717, 1.165) is 18.3 Å². The minimum Gasteiger partial charge on any atom is -0.399 e. The van der Waals surface area contributed by atoms with E-state index in [1.165, 1.54) is 5.56 Å². The minimum atomic E-state index is -0.297. The van der Waals surface area contributed by atoms with Gasteiger partial charge >= 0.3 is 7.12 Å². The third-order valence-corrected chi connectivity index (χ3v) is 4.46. The van der Waals surface area contributed by atoms with E-state index in [1.54, 1.807) is 7.11 Å². The molecule has 1 aromatic carbocycles. The zero-order valence-corrected chi connectivity index (χ0v) is 14.3. The van der Waals surface area contributed by atoms with E-state index < -0.39 is 0 Å². The normalized spacial score (nSPS) is 19.6. The molecule has 0 radical (unpaired) electrons. The van der Waals surface area contributed by atoms with E-state index in [0.29, 0.717) is 13.4 Å². The van der Waals surface area contributed by atoms with E-state index >= 15 is 0 Å². The van der Waals surface area contributed by atoms with Gasteiger partial charge in [-0.15, -0.1) is 0 Å². The molecule has 2 rings (SSSR count). The molecule has 0 unspecified atom stereocenters. The summed E-state index contributed by atoms with van der Waals surface area (Å²) in [7, 11) is 1.35. The number of methoxy groups -OCH3 is 1. The first-order valence-corrected chi connectivity index (χ1v) is 7.87. The van der Waals surface area contributed by atoms with Crippen LogP contribution in [0.5, 0.6) is 0 Å². The zero-order valence-electron chi connectivity index (χ0n) is 14.3. The van der Waals surface area contributed by atoms with E-state index in [4.69, 9.17) is 18.8 Å². The van der Waals surface area contributed by atoms with Crippen molar-refractivity contribution in [3.63, 3.8) is 0 Å². The lowest BCUT2D eigenvalue weighted by Gasteiger charge is -2.32. The van der Waals surface area contributed by atoms with Crippen LogP contribution in [0.15, 0.2) is 24.3 Å². The molecule has 1 aromatic rings. The molecule has 4 nitrogen and oxygen atoms in total. The summed E-state index contributed by atoms with van der Waals surface area (Å²) in [6.07, 6.45) is 1.98. The lowest BCUT2D eigenvalue weighted by atomic mass is 9.79. The summed E-state index contributed by atoms with van der Waals surface area (Å²) in [5.74, 6) is 0. The number of benzene rings is 1. The molecule has 22 heavy (non-hydrogen) atoms. The number of aryl methyl sites for hydroxylation is 1. The van der Waals surface area contributed by atoms with Gasteiger partial charge in [-0.05, 0) is 51.6 Å². The van der Waals surface area contributed by atoms with Crippen LogP contribution in [0.4, 0.5) is 0 Å². The second-order valence-electron chi connectivity index (χ2n) is 6.75. The topological polar surface area (TPSA) is 36.9 Å². The lowest BCUT2D eigenvalue weighted by molar-refractivity contribution is -0.0310. The molecular formula is C17H27BO4. The first-order valence-electron chi connectivity index (χ1n) is 7.87. The molecule has 0 amide bonds. The summed E-state index contributed by atoms with van der Waals surface area (Å²) in [6, 6.07) is 8.45. The quantitative estimate of drug-likeness (QED) is 0.441. The fraction of sp³-hybridized carbons (Fsp3) is 0.647. The highest BCUT2D eigenvalue weighted by atomic mass is 16.7. The molecule has 122 valence electrons. The summed E-state index contributed by atoms with van der Waals surface area (Å²) >= 11 is 0. The van der Waals surface area contributed by atoms with Crippen LogP contribution in [0.1, 0.15) is 39.7 Å². The second-order valence-corrected chi connectivity index (χ2v) is 6.75. The Morgan fingerprint density at radius 3 is 2.14 bits per heavy atom. The molecule has 0 atom stereocenters. The average Bonchev–Trinajstić information content (AvgIpc) is 2.68. The van der Waals surface area contributed by atoms with Crippen LogP contribution in [0.3, 0.4) is 0 Å². The molecule has 5 heteroatoms. The fourth-order valence-corrected chi connectivity index (χ4v) is 2.34. The molecule has 1 fully saturated rings. The lowest BCUT2D eigenvalue weighted by Crippen LogP contribution is -2.41. The van der Waals surface area contributed by atoms with Crippen LogP contribution in [0.25, 0.3) is 0 Å². The van der Waals surface area contributed by atoms with Crippen molar-refractivity contribution in [1.29, 1.82) is 0 Å². The molecule has 0 spiro atoms. The molecule has 0 aliphatic carbocycles. The van der Waals surface area contributed by atoms with Crippen LogP contribution in [0.2, 0.25) is 0 Å². The predicted octanol–water partition coefficient (Wildman–Crippen LogP) is 2.54. The Morgan fingerprint density at radius 1 is 1.00 bits per heavy atom. The molecule has 1 aliphatic rings. The average molecular weight is 306 g/mol. The van der Waals surface area contributed by atoms with Gasteiger partial charge in [0.15, 0.2) is 0 Å². The molecule has 0 aromatic heterocycles. The summed E-state index contributed by atoms with van der Waals surface area (Å²) in [5.41, 5.74) is 1.77. The fourth-order valence-electron chi connectivity index (χ4n) is 2.34. The largest absolute Gasteiger partial charge is 0.494 e. The Labute approximate surface area is 134 Å². The highest BCUT2D eigenvalue weighted by Gasteiger charge is 2.51. The van der Waals surface area contributed by atoms with Gasteiger partial charge in [0.05, 0.1) is 11.2 Å². The monoisotopic (exact) mass is 306 g/mol. The Balaban J connectivity index is 1.87. The summed E-state index contributed by atoms with van der Waals surface area (Å²) in [5, 5.41) is 0. The summed E-state index contributed by atoms with van der Waals surface area (Å²) in [6.45, 7) is 9.36. The van der Waals surface area contributed by atoms with Crippen molar-refractivity contribution < 1.29 is 18.8 Å². The molecule has 1 aliphatic heterocycles.